The Bertz CT molecular complexity index is 492. The lowest BCUT2D eigenvalue weighted by Gasteiger charge is -2.04. The Labute approximate surface area is 102 Å². The maximum absolute atomic E-state index is 5.24. The summed E-state index contributed by atoms with van der Waals surface area (Å²) < 4.78 is 5.24. The molecule has 17 heavy (non-hydrogen) atoms. The maximum atomic E-state index is 5.24. The summed E-state index contributed by atoms with van der Waals surface area (Å²) in [6, 6.07) is 17.5. The minimum atomic E-state index is 0.472. The van der Waals surface area contributed by atoms with Gasteiger partial charge < -0.3 is 4.74 Å². The van der Waals surface area contributed by atoms with Crippen LogP contribution in [0.1, 0.15) is 11.1 Å². The smallest absolute Gasteiger partial charge is 0.0850 e. The normalized spacial score (nSPS) is 18.1. The molecule has 86 valence electrons. The van der Waals surface area contributed by atoms with Crippen LogP contribution in [0.25, 0.3) is 11.1 Å². The molecule has 2 aromatic rings. The van der Waals surface area contributed by atoms with E-state index < -0.39 is 0 Å². The van der Waals surface area contributed by atoms with E-state index in [0.717, 1.165) is 13.0 Å². The molecule has 0 radical (unpaired) electrons. The number of ether oxygens (including phenoxy) is 1. The summed E-state index contributed by atoms with van der Waals surface area (Å²) in [7, 11) is 0. The average Bonchev–Trinajstić information content (AvgIpc) is 3.15. The number of hydrogen-bond donors (Lipinski definition) is 0. The third kappa shape index (κ3) is 2.56. The summed E-state index contributed by atoms with van der Waals surface area (Å²) in [6.07, 6.45) is 1.52. The molecule has 0 bridgehead atoms. The second-order valence-electron chi connectivity index (χ2n) is 4.72. The van der Waals surface area contributed by atoms with Gasteiger partial charge in [-0.15, -0.1) is 0 Å². The van der Waals surface area contributed by atoms with Gasteiger partial charge in [-0.05, 0) is 23.6 Å². The lowest BCUT2D eigenvalue weighted by Crippen LogP contribution is -1.92. The second-order valence-corrected chi connectivity index (χ2v) is 4.72. The molecule has 1 heteroatoms. The fourth-order valence-corrected chi connectivity index (χ4v) is 2.03. The van der Waals surface area contributed by atoms with Crippen LogP contribution in [0.5, 0.6) is 0 Å². The van der Waals surface area contributed by atoms with Crippen molar-refractivity contribution >= 4 is 0 Å². The first-order chi connectivity index (χ1) is 8.31. The van der Waals surface area contributed by atoms with Crippen LogP contribution in [-0.2, 0) is 11.2 Å². The van der Waals surface area contributed by atoms with Crippen LogP contribution in [0.3, 0.4) is 0 Å². The van der Waals surface area contributed by atoms with E-state index in [0.29, 0.717) is 6.10 Å². The average molecular weight is 224 g/mol. The summed E-state index contributed by atoms with van der Waals surface area (Å²) in [5, 5.41) is 0. The number of epoxide rings is 1. The molecule has 1 saturated heterocycles. The van der Waals surface area contributed by atoms with Gasteiger partial charge in [-0.3, -0.25) is 0 Å². The fourth-order valence-electron chi connectivity index (χ4n) is 2.03. The first-order valence-corrected chi connectivity index (χ1v) is 6.09. The van der Waals surface area contributed by atoms with Crippen LogP contribution in [-0.4, -0.2) is 12.7 Å². The molecule has 1 heterocycles. The number of hydrogen-bond acceptors (Lipinski definition) is 1. The van der Waals surface area contributed by atoms with Gasteiger partial charge >= 0.3 is 0 Å². The zero-order valence-corrected chi connectivity index (χ0v) is 10.0. The number of aryl methyl sites for hydroxylation is 1. The molecule has 1 fully saturated rings. The molecule has 3 rings (SSSR count). The fraction of sp³-hybridized carbons (Fsp3) is 0.250. The van der Waals surface area contributed by atoms with Crippen LogP contribution in [0.2, 0.25) is 0 Å². The maximum Gasteiger partial charge on any atom is 0.0850 e. The van der Waals surface area contributed by atoms with Gasteiger partial charge in [0.05, 0.1) is 12.7 Å². The summed E-state index contributed by atoms with van der Waals surface area (Å²) in [6.45, 7) is 3.04. The van der Waals surface area contributed by atoms with Crippen molar-refractivity contribution in [1.82, 2.24) is 0 Å². The van der Waals surface area contributed by atoms with E-state index in [1.54, 1.807) is 0 Å². The molecular formula is C16H16O. The molecule has 0 N–H and O–H groups in total. The first-order valence-electron chi connectivity index (χ1n) is 6.09. The molecule has 1 atom stereocenters. The highest BCUT2D eigenvalue weighted by Crippen LogP contribution is 2.22. The van der Waals surface area contributed by atoms with Gasteiger partial charge in [0.15, 0.2) is 0 Å². The highest BCUT2D eigenvalue weighted by Gasteiger charge is 2.22. The molecule has 1 aliphatic rings. The molecule has 0 aliphatic carbocycles. The van der Waals surface area contributed by atoms with Crippen molar-refractivity contribution in [2.75, 3.05) is 6.61 Å². The van der Waals surface area contributed by atoms with Crippen LogP contribution in [0.15, 0.2) is 48.5 Å². The molecule has 2 aromatic carbocycles. The van der Waals surface area contributed by atoms with Crippen LogP contribution in [0, 0.1) is 6.92 Å². The predicted molar refractivity (Wildman–Crippen MR) is 70.1 cm³/mol. The molecule has 0 spiro atoms. The summed E-state index contributed by atoms with van der Waals surface area (Å²) >= 11 is 0. The van der Waals surface area contributed by atoms with Crippen LogP contribution < -0.4 is 0 Å². The number of rotatable bonds is 3. The van der Waals surface area contributed by atoms with Gasteiger partial charge in [0.1, 0.15) is 0 Å². The van der Waals surface area contributed by atoms with Crippen LogP contribution in [0.4, 0.5) is 0 Å². The molecule has 0 saturated carbocycles. The third-order valence-electron chi connectivity index (χ3n) is 3.20. The van der Waals surface area contributed by atoms with Gasteiger partial charge in [0.2, 0.25) is 0 Å². The Kier molecular flexibility index (Phi) is 2.69. The van der Waals surface area contributed by atoms with Crippen molar-refractivity contribution in [3.05, 3.63) is 59.7 Å². The molecule has 1 nitrogen and oxygen atoms in total. The Hall–Kier alpha value is -1.60. The minimum absolute atomic E-state index is 0.472. The SMILES string of the molecule is Cc1ccc(-c2ccc(CC3CO3)cc2)cc1. The highest BCUT2D eigenvalue weighted by atomic mass is 16.6. The van der Waals surface area contributed by atoms with E-state index in [-0.39, 0.29) is 0 Å². The molecule has 0 amide bonds. The molecule has 1 unspecified atom stereocenters. The first kappa shape index (κ1) is 10.5. The summed E-state index contributed by atoms with van der Waals surface area (Å²) in [4.78, 5) is 0. The van der Waals surface area contributed by atoms with Crippen LogP contribution >= 0.6 is 0 Å². The lowest BCUT2D eigenvalue weighted by atomic mass is 10.0. The standard InChI is InChI=1S/C16H16O/c1-12-2-6-14(7-3-12)15-8-4-13(5-9-15)10-16-11-17-16/h2-9,16H,10-11H2,1H3. The van der Waals surface area contributed by atoms with Gasteiger partial charge in [0, 0.05) is 6.42 Å². The lowest BCUT2D eigenvalue weighted by molar-refractivity contribution is 0.407. The van der Waals surface area contributed by atoms with Crippen molar-refractivity contribution in [2.24, 2.45) is 0 Å². The highest BCUT2D eigenvalue weighted by molar-refractivity contribution is 5.63. The van der Waals surface area contributed by atoms with Crippen molar-refractivity contribution in [3.8, 4) is 11.1 Å². The molecular weight excluding hydrogens is 208 g/mol. The van der Waals surface area contributed by atoms with Crippen molar-refractivity contribution in [1.29, 1.82) is 0 Å². The predicted octanol–water partition coefficient (Wildman–Crippen LogP) is 3.60. The zero-order valence-electron chi connectivity index (χ0n) is 10.0. The Morgan fingerprint density at radius 2 is 1.47 bits per heavy atom. The summed E-state index contributed by atoms with van der Waals surface area (Å²) in [5.74, 6) is 0. The van der Waals surface area contributed by atoms with E-state index >= 15 is 0 Å². The van der Waals surface area contributed by atoms with Gasteiger partial charge in [0.25, 0.3) is 0 Å². The molecule has 0 aromatic heterocycles. The Morgan fingerprint density at radius 1 is 0.941 bits per heavy atom. The quantitative estimate of drug-likeness (QED) is 0.726. The van der Waals surface area contributed by atoms with E-state index in [1.165, 1.54) is 22.3 Å². The van der Waals surface area contributed by atoms with Crippen molar-refractivity contribution in [2.45, 2.75) is 19.4 Å². The van der Waals surface area contributed by atoms with E-state index in [9.17, 15) is 0 Å². The monoisotopic (exact) mass is 224 g/mol. The zero-order chi connectivity index (χ0) is 11.7. The topological polar surface area (TPSA) is 12.5 Å². The third-order valence-corrected chi connectivity index (χ3v) is 3.20. The van der Waals surface area contributed by atoms with Crippen molar-refractivity contribution < 1.29 is 4.74 Å². The summed E-state index contributed by atoms with van der Waals surface area (Å²) in [5.41, 5.74) is 5.23. The minimum Gasteiger partial charge on any atom is -0.373 e. The van der Waals surface area contributed by atoms with E-state index in [4.69, 9.17) is 4.74 Å². The Balaban J connectivity index is 1.80. The van der Waals surface area contributed by atoms with Gasteiger partial charge in [-0.25, -0.2) is 0 Å². The van der Waals surface area contributed by atoms with Gasteiger partial charge in [-0.2, -0.15) is 0 Å². The Morgan fingerprint density at radius 3 is 2.00 bits per heavy atom. The van der Waals surface area contributed by atoms with Gasteiger partial charge in [-0.1, -0.05) is 54.1 Å². The van der Waals surface area contributed by atoms with E-state index in [2.05, 4.69) is 55.5 Å². The second kappa shape index (κ2) is 4.34. The van der Waals surface area contributed by atoms with Crippen molar-refractivity contribution in [3.63, 3.8) is 0 Å². The number of benzene rings is 2. The molecule has 1 aliphatic heterocycles. The van der Waals surface area contributed by atoms with E-state index in [1.807, 2.05) is 0 Å². The largest absolute Gasteiger partial charge is 0.373 e.